The normalized spacial score (nSPS) is 22.7. The summed E-state index contributed by atoms with van der Waals surface area (Å²) in [5.74, 6) is -2.55. The van der Waals surface area contributed by atoms with Crippen molar-refractivity contribution < 1.29 is 42.9 Å². The van der Waals surface area contributed by atoms with Crippen LogP contribution in [0, 0.1) is 0 Å². The standard InChI is InChI=1S/C27H36N2O9S/c1-6-7-8-11-14-29-21-13-10-9-12-20(21)28-27(29)39-26-25(37-19(5)33)24(36-18(4)32)23(35-17(3)31)22(38-26)15-34-16(2)30/h9-10,12-13,22-26H,6-8,11,14-15H2,1-5H3. The zero-order valence-corrected chi connectivity index (χ0v) is 23.7. The van der Waals surface area contributed by atoms with E-state index in [-0.39, 0.29) is 6.61 Å². The minimum atomic E-state index is -1.22. The van der Waals surface area contributed by atoms with Gasteiger partial charge in [-0.3, -0.25) is 19.2 Å². The van der Waals surface area contributed by atoms with Crippen LogP contribution in [0.2, 0.25) is 0 Å². The molecule has 1 aromatic carbocycles. The lowest BCUT2D eigenvalue weighted by Gasteiger charge is -2.44. The second-order valence-corrected chi connectivity index (χ2v) is 10.3. The van der Waals surface area contributed by atoms with Crippen molar-refractivity contribution in [3.8, 4) is 0 Å². The fourth-order valence-electron chi connectivity index (χ4n) is 4.44. The molecule has 1 aromatic heterocycles. The van der Waals surface area contributed by atoms with E-state index in [4.69, 9.17) is 28.7 Å². The van der Waals surface area contributed by atoms with Gasteiger partial charge in [-0.1, -0.05) is 50.1 Å². The van der Waals surface area contributed by atoms with E-state index in [0.29, 0.717) is 11.7 Å². The Morgan fingerprint density at radius 1 is 0.872 bits per heavy atom. The number of carbonyl (C=O) groups excluding carboxylic acids is 4. The number of unbranched alkanes of at least 4 members (excludes halogenated alkanes) is 3. The molecular formula is C27H36N2O9S. The number of rotatable bonds is 12. The molecule has 0 N–H and O–H groups in total. The van der Waals surface area contributed by atoms with Gasteiger partial charge in [0, 0.05) is 34.2 Å². The quantitative estimate of drug-likeness (QED) is 0.212. The third kappa shape index (κ3) is 8.43. The summed E-state index contributed by atoms with van der Waals surface area (Å²) in [5.41, 5.74) is 0.806. The van der Waals surface area contributed by atoms with E-state index in [1.165, 1.54) is 39.5 Å². The predicted molar refractivity (Wildman–Crippen MR) is 142 cm³/mol. The number of benzene rings is 1. The molecule has 11 nitrogen and oxygen atoms in total. The van der Waals surface area contributed by atoms with Gasteiger partial charge in [-0.25, -0.2) is 4.98 Å². The van der Waals surface area contributed by atoms with Gasteiger partial charge in [0.25, 0.3) is 0 Å². The molecule has 214 valence electrons. The molecule has 12 heteroatoms. The smallest absolute Gasteiger partial charge is 0.303 e. The maximum atomic E-state index is 12.2. The van der Waals surface area contributed by atoms with Crippen LogP contribution in [0.25, 0.3) is 11.0 Å². The maximum Gasteiger partial charge on any atom is 0.303 e. The van der Waals surface area contributed by atoms with Crippen molar-refractivity contribution >= 4 is 46.7 Å². The lowest BCUT2D eigenvalue weighted by atomic mass is 9.99. The Morgan fingerprint density at radius 3 is 2.15 bits per heavy atom. The van der Waals surface area contributed by atoms with E-state index >= 15 is 0 Å². The van der Waals surface area contributed by atoms with Gasteiger partial charge < -0.3 is 28.3 Å². The maximum absolute atomic E-state index is 12.2. The number of fused-ring (bicyclic) bond motifs is 1. The highest BCUT2D eigenvalue weighted by Crippen LogP contribution is 2.38. The Morgan fingerprint density at radius 2 is 1.51 bits per heavy atom. The summed E-state index contributed by atoms with van der Waals surface area (Å²) in [6, 6.07) is 7.74. The molecule has 0 aliphatic carbocycles. The van der Waals surface area contributed by atoms with Crippen molar-refractivity contribution in [2.75, 3.05) is 6.61 Å². The highest BCUT2D eigenvalue weighted by atomic mass is 32.2. The fourth-order valence-corrected chi connectivity index (χ4v) is 5.66. The number of thioether (sulfide) groups is 1. The van der Waals surface area contributed by atoms with Gasteiger partial charge in [0.05, 0.1) is 11.0 Å². The Labute approximate surface area is 231 Å². The number of esters is 4. The number of hydrogen-bond donors (Lipinski definition) is 0. The van der Waals surface area contributed by atoms with Crippen LogP contribution in [0.1, 0.15) is 60.3 Å². The number of aryl methyl sites for hydroxylation is 1. The van der Waals surface area contributed by atoms with Crippen LogP contribution in [-0.2, 0) is 49.4 Å². The molecule has 1 aliphatic rings. The van der Waals surface area contributed by atoms with Gasteiger partial charge in [0.1, 0.15) is 12.7 Å². The predicted octanol–water partition coefficient (Wildman–Crippen LogP) is 3.79. The molecule has 0 radical (unpaired) electrons. The zero-order chi connectivity index (χ0) is 28.5. The van der Waals surface area contributed by atoms with Crippen molar-refractivity contribution in [3.63, 3.8) is 0 Å². The summed E-state index contributed by atoms with van der Waals surface area (Å²) < 4.78 is 30.1. The Hall–Kier alpha value is -3.12. The molecule has 1 saturated heterocycles. The lowest BCUT2D eigenvalue weighted by Crippen LogP contribution is -2.61. The summed E-state index contributed by atoms with van der Waals surface area (Å²) >= 11 is 1.20. The molecule has 1 aliphatic heterocycles. The van der Waals surface area contributed by atoms with Crippen LogP contribution in [-0.4, -0.2) is 69.9 Å². The molecule has 0 saturated carbocycles. The molecular weight excluding hydrogens is 528 g/mol. The third-order valence-corrected chi connectivity index (χ3v) is 7.16. The number of para-hydroxylation sites is 2. The largest absolute Gasteiger partial charge is 0.463 e. The highest BCUT2D eigenvalue weighted by molar-refractivity contribution is 7.99. The van der Waals surface area contributed by atoms with E-state index < -0.39 is 53.7 Å². The number of hydrogen-bond acceptors (Lipinski definition) is 11. The van der Waals surface area contributed by atoms with E-state index in [2.05, 4.69) is 11.5 Å². The molecule has 0 amide bonds. The number of carbonyl (C=O) groups is 4. The Balaban J connectivity index is 2.02. The first kappa shape index (κ1) is 30.4. The van der Waals surface area contributed by atoms with Crippen molar-refractivity contribution in [2.45, 2.75) is 102 Å². The van der Waals surface area contributed by atoms with Gasteiger partial charge >= 0.3 is 23.9 Å². The Bertz CT molecular complexity index is 1170. The molecule has 2 aromatic rings. The SMILES string of the molecule is CCCCCCn1c(SC2OC(COC(C)=O)C(OC(C)=O)C(OC(C)=O)C2OC(C)=O)nc2ccccc21. The molecule has 3 rings (SSSR count). The summed E-state index contributed by atoms with van der Waals surface area (Å²) in [5, 5.41) is 0.619. The molecule has 39 heavy (non-hydrogen) atoms. The van der Waals surface area contributed by atoms with Crippen molar-refractivity contribution in [3.05, 3.63) is 24.3 Å². The van der Waals surface area contributed by atoms with Crippen LogP contribution in [0.3, 0.4) is 0 Å². The summed E-state index contributed by atoms with van der Waals surface area (Å²) in [7, 11) is 0. The molecule has 5 atom stereocenters. The fraction of sp³-hybridized carbons (Fsp3) is 0.593. The van der Waals surface area contributed by atoms with Crippen molar-refractivity contribution in [2.24, 2.45) is 0 Å². The molecule has 2 heterocycles. The molecule has 0 spiro atoms. The summed E-state index contributed by atoms with van der Waals surface area (Å²) in [6.07, 6.45) is -0.334. The number of imidazole rings is 1. The minimum Gasteiger partial charge on any atom is -0.463 e. The van der Waals surface area contributed by atoms with Gasteiger partial charge in [-0.05, 0) is 18.6 Å². The van der Waals surface area contributed by atoms with Crippen LogP contribution in [0.5, 0.6) is 0 Å². The highest BCUT2D eigenvalue weighted by Gasteiger charge is 2.52. The second kappa shape index (κ2) is 14.3. The molecule has 1 fully saturated rings. The molecule has 0 bridgehead atoms. The van der Waals surface area contributed by atoms with E-state index in [0.717, 1.165) is 36.7 Å². The van der Waals surface area contributed by atoms with Crippen LogP contribution < -0.4 is 0 Å². The van der Waals surface area contributed by atoms with Crippen LogP contribution >= 0.6 is 11.8 Å². The van der Waals surface area contributed by atoms with Gasteiger partial charge in [0.15, 0.2) is 28.9 Å². The summed E-state index contributed by atoms with van der Waals surface area (Å²) in [4.78, 5) is 52.6. The number of ether oxygens (including phenoxy) is 5. The monoisotopic (exact) mass is 564 g/mol. The van der Waals surface area contributed by atoms with Crippen molar-refractivity contribution in [1.29, 1.82) is 0 Å². The molecule has 5 unspecified atom stereocenters. The van der Waals surface area contributed by atoms with E-state index in [9.17, 15) is 19.2 Å². The first-order valence-corrected chi connectivity index (χ1v) is 13.9. The van der Waals surface area contributed by atoms with Gasteiger partial charge in [-0.15, -0.1) is 0 Å². The zero-order valence-electron chi connectivity index (χ0n) is 22.9. The average Bonchev–Trinajstić information content (AvgIpc) is 3.20. The second-order valence-electron chi connectivity index (χ2n) is 9.28. The minimum absolute atomic E-state index is 0.275. The Kier molecular flexibility index (Phi) is 11.2. The number of aromatic nitrogens is 2. The first-order chi connectivity index (χ1) is 18.6. The van der Waals surface area contributed by atoms with Gasteiger partial charge in [-0.2, -0.15) is 0 Å². The van der Waals surface area contributed by atoms with Gasteiger partial charge in [0.2, 0.25) is 0 Å². The number of nitrogens with zero attached hydrogens (tertiary/aromatic N) is 2. The lowest BCUT2D eigenvalue weighted by molar-refractivity contribution is -0.237. The third-order valence-electron chi connectivity index (χ3n) is 6.02. The van der Waals surface area contributed by atoms with E-state index in [1.54, 1.807) is 0 Å². The topological polar surface area (TPSA) is 132 Å². The van der Waals surface area contributed by atoms with E-state index in [1.807, 2.05) is 24.3 Å². The van der Waals surface area contributed by atoms with Crippen LogP contribution in [0.15, 0.2) is 29.4 Å². The first-order valence-electron chi connectivity index (χ1n) is 13.0. The van der Waals surface area contributed by atoms with Crippen LogP contribution in [0.4, 0.5) is 0 Å². The summed E-state index contributed by atoms with van der Waals surface area (Å²) in [6.45, 7) is 7.44. The van der Waals surface area contributed by atoms with Crippen molar-refractivity contribution in [1.82, 2.24) is 9.55 Å². The average molecular weight is 565 g/mol.